The van der Waals surface area contributed by atoms with Crippen molar-refractivity contribution in [2.45, 2.75) is 20.5 Å². The van der Waals surface area contributed by atoms with Crippen LogP contribution in [0.4, 0.5) is 0 Å². The Morgan fingerprint density at radius 2 is 1.73 bits per heavy atom. The number of aryl methyl sites for hydroxylation is 1. The molecule has 1 N–H and O–H groups in total. The number of carbonyl (C=O) groups is 2. The zero-order valence-corrected chi connectivity index (χ0v) is 24.8. The first-order chi connectivity index (χ1) is 19.8. The minimum Gasteiger partial charge on any atom is -0.506 e. The number of rotatable bonds is 7. The molecule has 0 fully saturated rings. The fraction of sp³-hybridized carbons (Fsp3) is 0.121. The van der Waals surface area contributed by atoms with Gasteiger partial charge in [0.05, 0.1) is 16.0 Å². The van der Waals surface area contributed by atoms with E-state index in [1.165, 1.54) is 5.39 Å². The highest BCUT2D eigenvalue weighted by molar-refractivity contribution is 9.10. The number of aliphatic hydroxyl groups is 1. The molecule has 0 saturated carbocycles. The molecular weight excluding hydrogens is 602 g/mol. The standard InChI is InChI=1S/C33H26BrNO5S/c1-3-39-33(38)29-30(36)28(41-32(29)35-31(37)24-12-8-20(2)9-13-24)18-21-11-15-27(26(34)17-21)40-19-22-10-14-23-6-4-5-7-25(23)16-22/h4-18,36H,3,19H2,1-2H3/b28-18-,35-32?. The average molecular weight is 629 g/mol. The molecule has 0 aliphatic carbocycles. The molecule has 8 heteroatoms. The van der Waals surface area contributed by atoms with Gasteiger partial charge >= 0.3 is 5.97 Å². The Labute approximate surface area is 250 Å². The number of amides is 1. The number of esters is 1. The van der Waals surface area contributed by atoms with Gasteiger partial charge in [-0.25, -0.2) is 9.79 Å². The fourth-order valence-electron chi connectivity index (χ4n) is 4.21. The lowest BCUT2D eigenvalue weighted by molar-refractivity contribution is -0.138. The molecular formula is C33H26BrNO5S. The van der Waals surface area contributed by atoms with Crippen LogP contribution in [0.5, 0.6) is 5.75 Å². The summed E-state index contributed by atoms with van der Waals surface area (Å²) in [5.41, 5.74) is 3.07. The molecule has 6 nitrogen and oxygen atoms in total. The number of aliphatic hydroxyl groups excluding tert-OH is 1. The Kier molecular flexibility index (Phi) is 8.71. The number of aliphatic imine (C=N–C) groups is 1. The van der Waals surface area contributed by atoms with E-state index in [4.69, 9.17) is 9.47 Å². The number of thioether (sulfide) groups is 1. The zero-order valence-electron chi connectivity index (χ0n) is 22.4. The topological polar surface area (TPSA) is 85.2 Å². The maximum Gasteiger partial charge on any atom is 0.344 e. The number of benzene rings is 4. The Bertz CT molecular complexity index is 1740. The van der Waals surface area contributed by atoms with E-state index in [0.29, 0.717) is 22.8 Å². The smallest absolute Gasteiger partial charge is 0.344 e. The highest BCUT2D eigenvalue weighted by Crippen LogP contribution is 2.40. The van der Waals surface area contributed by atoms with Gasteiger partial charge in [0.2, 0.25) is 0 Å². The average Bonchev–Trinajstić information content (AvgIpc) is 3.26. The monoisotopic (exact) mass is 627 g/mol. The van der Waals surface area contributed by atoms with E-state index in [1.807, 2.05) is 55.5 Å². The van der Waals surface area contributed by atoms with Gasteiger partial charge in [-0.05, 0) is 88.1 Å². The first-order valence-electron chi connectivity index (χ1n) is 12.9. The summed E-state index contributed by atoms with van der Waals surface area (Å²) in [6.07, 6.45) is 1.72. The molecule has 206 valence electrons. The summed E-state index contributed by atoms with van der Waals surface area (Å²) in [7, 11) is 0. The van der Waals surface area contributed by atoms with Crippen LogP contribution in [-0.4, -0.2) is 28.6 Å². The van der Waals surface area contributed by atoms with E-state index in [-0.39, 0.29) is 23.0 Å². The quantitative estimate of drug-likeness (QED) is 0.208. The highest BCUT2D eigenvalue weighted by atomic mass is 79.9. The van der Waals surface area contributed by atoms with E-state index in [2.05, 4.69) is 45.2 Å². The van der Waals surface area contributed by atoms with Gasteiger partial charge in [0, 0.05) is 5.56 Å². The van der Waals surface area contributed by atoms with Crippen LogP contribution >= 0.6 is 27.7 Å². The van der Waals surface area contributed by atoms with Gasteiger partial charge in [0.25, 0.3) is 5.91 Å². The van der Waals surface area contributed by atoms with Crippen molar-refractivity contribution in [3.63, 3.8) is 0 Å². The predicted octanol–water partition coefficient (Wildman–Crippen LogP) is 8.19. The van der Waals surface area contributed by atoms with Crippen molar-refractivity contribution >= 4 is 61.5 Å². The first kappa shape index (κ1) is 28.4. The van der Waals surface area contributed by atoms with Crippen molar-refractivity contribution in [3.8, 4) is 5.75 Å². The highest BCUT2D eigenvalue weighted by Gasteiger charge is 2.34. The zero-order chi connectivity index (χ0) is 28.9. The van der Waals surface area contributed by atoms with Gasteiger partial charge in [-0.15, -0.1) is 0 Å². The van der Waals surface area contributed by atoms with Gasteiger partial charge in [0.15, 0.2) is 0 Å². The molecule has 0 unspecified atom stereocenters. The van der Waals surface area contributed by atoms with Crippen LogP contribution in [0.2, 0.25) is 0 Å². The maximum atomic E-state index is 12.8. The van der Waals surface area contributed by atoms with Gasteiger partial charge in [-0.2, -0.15) is 0 Å². The molecule has 0 aromatic heterocycles. The number of hydrogen-bond donors (Lipinski definition) is 1. The summed E-state index contributed by atoms with van der Waals surface area (Å²) >= 11 is 4.62. The van der Waals surface area contributed by atoms with Crippen molar-refractivity contribution < 1.29 is 24.2 Å². The molecule has 0 radical (unpaired) electrons. The second-order valence-electron chi connectivity index (χ2n) is 9.30. The van der Waals surface area contributed by atoms with Gasteiger partial charge in [-0.1, -0.05) is 71.9 Å². The van der Waals surface area contributed by atoms with Crippen molar-refractivity contribution in [1.82, 2.24) is 0 Å². The molecule has 0 atom stereocenters. The molecule has 1 heterocycles. The Morgan fingerprint density at radius 3 is 2.46 bits per heavy atom. The van der Waals surface area contributed by atoms with Crippen molar-refractivity contribution in [2.75, 3.05) is 6.61 Å². The Hall–Kier alpha value is -4.14. The van der Waals surface area contributed by atoms with Crippen LogP contribution in [0.1, 0.15) is 34.0 Å². The maximum absolute atomic E-state index is 12.8. The first-order valence-corrected chi connectivity index (χ1v) is 14.5. The number of hydrogen-bond acceptors (Lipinski definition) is 6. The summed E-state index contributed by atoms with van der Waals surface area (Å²) in [5, 5.41) is 13.4. The van der Waals surface area contributed by atoms with E-state index < -0.39 is 11.9 Å². The summed E-state index contributed by atoms with van der Waals surface area (Å²) in [5.74, 6) is -0.872. The van der Waals surface area contributed by atoms with Crippen molar-refractivity contribution in [3.05, 3.63) is 128 Å². The predicted molar refractivity (Wildman–Crippen MR) is 167 cm³/mol. The van der Waals surface area contributed by atoms with Gasteiger partial charge in [0.1, 0.15) is 28.7 Å². The fourth-order valence-corrected chi connectivity index (χ4v) is 5.73. The van der Waals surface area contributed by atoms with Crippen LogP contribution in [-0.2, 0) is 16.1 Å². The number of ether oxygens (including phenoxy) is 2. The van der Waals surface area contributed by atoms with Gasteiger partial charge < -0.3 is 14.6 Å². The Balaban J connectivity index is 1.37. The van der Waals surface area contributed by atoms with E-state index in [9.17, 15) is 14.7 Å². The summed E-state index contributed by atoms with van der Waals surface area (Å²) in [6, 6.07) is 26.9. The lowest BCUT2D eigenvalue weighted by Gasteiger charge is -2.10. The molecule has 1 aliphatic heterocycles. The third-order valence-electron chi connectivity index (χ3n) is 6.33. The van der Waals surface area contributed by atoms with E-state index >= 15 is 0 Å². The second-order valence-corrected chi connectivity index (χ2v) is 11.2. The van der Waals surface area contributed by atoms with Crippen LogP contribution in [0.25, 0.3) is 16.8 Å². The molecule has 0 bridgehead atoms. The lowest BCUT2D eigenvalue weighted by atomic mass is 10.1. The minimum atomic E-state index is -0.741. The van der Waals surface area contributed by atoms with Crippen LogP contribution in [0.3, 0.4) is 0 Å². The van der Waals surface area contributed by atoms with Crippen molar-refractivity contribution in [2.24, 2.45) is 4.99 Å². The number of nitrogens with zero attached hydrogens (tertiary/aromatic N) is 1. The third kappa shape index (κ3) is 6.61. The van der Waals surface area contributed by atoms with Gasteiger partial charge in [-0.3, -0.25) is 4.79 Å². The van der Waals surface area contributed by atoms with E-state index in [0.717, 1.165) is 38.3 Å². The molecule has 5 rings (SSSR count). The molecule has 0 spiro atoms. The number of halogens is 1. The Morgan fingerprint density at radius 1 is 0.976 bits per heavy atom. The molecule has 41 heavy (non-hydrogen) atoms. The minimum absolute atomic E-state index is 0.0900. The third-order valence-corrected chi connectivity index (χ3v) is 7.97. The second kappa shape index (κ2) is 12.6. The number of fused-ring (bicyclic) bond motifs is 1. The molecule has 1 aliphatic rings. The van der Waals surface area contributed by atoms with Crippen LogP contribution in [0, 0.1) is 6.92 Å². The van der Waals surface area contributed by atoms with E-state index in [1.54, 1.807) is 25.1 Å². The lowest BCUT2D eigenvalue weighted by Crippen LogP contribution is -2.14. The summed E-state index contributed by atoms with van der Waals surface area (Å²) in [4.78, 5) is 30.0. The summed E-state index contributed by atoms with van der Waals surface area (Å²) in [6.45, 7) is 4.11. The molecule has 0 saturated heterocycles. The van der Waals surface area contributed by atoms with Crippen molar-refractivity contribution in [1.29, 1.82) is 0 Å². The largest absolute Gasteiger partial charge is 0.506 e. The summed E-state index contributed by atoms with van der Waals surface area (Å²) < 4.78 is 11.9. The van der Waals surface area contributed by atoms with Crippen LogP contribution in [0.15, 0.2) is 111 Å². The molecule has 4 aromatic carbocycles. The molecule has 1 amide bonds. The normalized spacial score (nSPS) is 15.1. The number of carbonyl (C=O) groups excluding carboxylic acids is 2. The molecule has 4 aromatic rings. The SMILES string of the molecule is CCOC(=O)C1=C(O)/C(=C/c2ccc(OCc3ccc4ccccc4c3)c(Br)c2)SC1=NC(=O)c1ccc(C)cc1. The van der Waals surface area contributed by atoms with Crippen LogP contribution < -0.4 is 4.74 Å².